The van der Waals surface area contributed by atoms with Gasteiger partial charge >= 0.3 is 0 Å². The molecular weight excluding hydrogens is 272 g/mol. The molecular formula is C13H22N6O2. The quantitative estimate of drug-likeness (QED) is 0.809. The third kappa shape index (κ3) is 3.01. The third-order valence-corrected chi connectivity index (χ3v) is 3.81. The first-order valence-electron chi connectivity index (χ1n) is 7.26. The van der Waals surface area contributed by atoms with Crippen LogP contribution in [-0.2, 0) is 9.47 Å². The first-order valence-corrected chi connectivity index (χ1v) is 7.26. The highest BCUT2D eigenvalue weighted by atomic mass is 16.5. The van der Waals surface area contributed by atoms with Crippen LogP contribution in [0, 0.1) is 0 Å². The predicted molar refractivity (Wildman–Crippen MR) is 79.5 cm³/mol. The van der Waals surface area contributed by atoms with Gasteiger partial charge in [0.25, 0.3) is 0 Å². The Bertz CT molecular complexity index is 503. The molecule has 0 amide bonds. The van der Waals surface area contributed by atoms with Crippen LogP contribution in [0.15, 0.2) is 0 Å². The van der Waals surface area contributed by atoms with E-state index in [1.165, 1.54) is 0 Å². The lowest BCUT2D eigenvalue weighted by Crippen LogP contribution is -2.54. The Hall–Kier alpha value is -1.67. The Balaban J connectivity index is 1.89. The first-order chi connectivity index (χ1) is 10.1. The Morgan fingerprint density at radius 2 is 1.62 bits per heavy atom. The van der Waals surface area contributed by atoms with Gasteiger partial charge in [0, 0.05) is 19.6 Å². The lowest BCUT2D eigenvalue weighted by atomic mass is 10.0. The Kier molecular flexibility index (Phi) is 3.81. The Labute approximate surface area is 124 Å². The number of ether oxygens (including phenoxy) is 2. The number of morpholine rings is 2. The van der Waals surface area contributed by atoms with E-state index in [1.54, 1.807) is 0 Å². The molecule has 0 aliphatic carbocycles. The van der Waals surface area contributed by atoms with Crippen molar-refractivity contribution in [2.75, 3.05) is 61.6 Å². The van der Waals surface area contributed by atoms with Crippen molar-refractivity contribution >= 4 is 17.8 Å². The number of hydrogen-bond donors (Lipinski definition) is 1. The fourth-order valence-corrected chi connectivity index (χ4v) is 2.62. The predicted octanol–water partition coefficient (Wildman–Crippen LogP) is -0.0944. The number of rotatable bonds is 2. The van der Waals surface area contributed by atoms with Gasteiger partial charge in [-0.1, -0.05) is 0 Å². The average Bonchev–Trinajstić information content (AvgIpc) is 2.47. The second kappa shape index (κ2) is 5.61. The van der Waals surface area contributed by atoms with Crippen molar-refractivity contribution in [3.8, 4) is 0 Å². The van der Waals surface area contributed by atoms with Crippen LogP contribution in [0.5, 0.6) is 0 Å². The van der Waals surface area contributed by atoms with E-state index < -0.39 is 0 Å². The van der Waals surface area contributed by atoms with Gasteiger partial charge in [0.15, 0.2) is 0 Å². The van der Waals surface area contributed by atoms with Crippen LogP contribution in [0.4, 0.5) is 17.8 Å². The number of nitrogen functional groups attached to an aromatic ring is 1. The van der Waals surface area contributed by atoms with E-state index in [0.717, 1.165) is 19.6 Å². The van der Waals surface area contributed by atoms with Crippen LogP contribution in [0.25, 0.3) is 0 Å². The molecule has 21 heavy (non-hydrogen) atoms. The fourth-order valence-electron chi connectivity index (χ4n) is 2.62. The molecule has 0 atom stereocenters. The SMILES string of the molecule is CC1(C)COCCN1c1nc(N)nc(N2CCOCC2)n1. The maximum Gasteiger partial charge on any atom is 0.232 e. The van der Waals surface area contributed by atoms with Gasteiger partial charge in [0.05, 0.1) is 32.0 Å². The summed E-state index contributed by atoms with van der Waals surface area (Å²) in [5, 5.41) is 0. The summed E-state index contributed by atoms with van der Waals surface area (Å²) in [7, 11) is 0. The van der Waals surface area contributed by atoms with Crippen LogP contribution >= 0.6 is 0 Å². The summed E-state index contributed by atoms with van der Waals surface area (Å²) in [5.41, 5.74) is 5.72. The molecule has 116 valence electrons. The Morgan fingerprint density at radius 3 is 2.33 bits per heavy atom. The minimum atomic E-state index is -0.158. The molecule has 1 aromatic heterocycles. The van der Waals surface area contributed by atoms with Gasteiger partial charge in [0.2, 0.25) is 17.8 Å². The van der Waals surface area contributed by atoms with Gasteiger partial charge in [-0.25, -0.2) is 0 Å². The van der Waals surface area contributed by atoms with Crippen LogP contribution in [0.1, 0.15) is 13.8 Å². The lowest BCUT2D eigenvalue weighted by Gasteiger charge is -2.42. The summed E-state index contributed by atoms with van der Waals surface area (Å²) in [6.45, 7) is 9.20. The van der Waals surface area contributed by atoms with Crippen LogP contribution < -0.4 is 15.5 Å². The summed E-state index contributed by atoms with van der Waals surface area (Å²) in [6.07, 6.45) is 0. The molecule has 0 spiro atoms. The largest absolute Gasteiger partial charge is 0.378 e. The molecule has 1 aromatic rings. The number of aromatic nitrogens is 3. The molecule has 2 saturated heterocycles. The van der Waals surface area contributed by atoms with Crippen molar-refractivity contribution in [2.45, 2.75) is 19.4 Å². The molecule has 2 N–H and O–H groups in total. The monoisotopic (exact) mass is 294 g/mol. The normalized spacial score (nSPS) is 22.4. The van der Waals surface area contributed by atoms with Gasteiger partial charge in [0.1, 0.15) is 0 Å². The topological polar surface area (TPSA) is 89.6 Å². The standard InChI is InChI=1S/C13H22N6O2/c1-13(2)9-21-8-5-19(13)12-16-10(14)15-11(17-12)18-3-6-20-7-4-18/h3-9H2,1-2H3,(H2,14,15,16,17). The number of nitrogens with two attached hydrogens (primary N) is 1. The van der Waals surface area contributed by atoms with Gasteiger partial charge in [-0.15, -0.1) is 0 Å². The first kappa shape index (κ1) is 14.3. The maximum atomic E-state index is 5.88. The molecule has 3 heterocycles. The highest BCUT2D eigenvalue weighted by Crippen LogP contribution is 2.25. The second-order valence-electron chi connectivity index (χ2n) is 5.91. The summed E-state index contributed by atoms with van der Waals surface area (Å²) < 4.78 is 10.9. The number of anilines is 3. The smallest absolute Gasteiger partial charge is 0.232 e. The molecule has 0 aromatic carbocycles. The second-order valence-corrected chi connectivity index (χ2v) is 5.91. The molecule has 0 saturated carbocycles. The molecule has 0 unspecified atom stereocenters. The van der Waals surface area contributed by atoms with Crippen molar-refractivity contribution in [1.29, 1.82) is 0 Å². The highest BCUT2D eigenvalue weighted by molar-refractivity contribution is 5.45. The highest BCUT2D eigenvalue weighted by Gasteiger charge is 2.33. The zero-order valence-corrected chi connectivity index (χ0v) is 12.6. The van der Waals surface area contributed by atoms with Crippen molar-refractivity contribution in [3.63, 3.8) is 0 Å². The van der Waals surface area contributed by atoms with E-state index in [9.17, 15) is 0 Å². The molecule has 8 nitrogen and oxygen atoms in total. The van der Waals surface area contributed by atoms with Crippen molar-refractivity contribution in [1.82, 2.24) is 15.0 Å². The molecule has 2 fully saturated rings. The van der Waals surface area contributed by atoms with Gasteiger partial charge in [-0.05, 0) is 13.8 Å². The minimum Gasteiger partial charge on any atom is -0.378 e. The van der Waals surface area contributed by atoms with Crippen molar-refractivity contribution in [3.05, 3.63) is 0 Å². The fraction of sp³-hybridized carbons (Fsp3) is 0.769. The van der Waals surface area contributed by atoms with Crippen molar-refractivity contribution < 1.29 is 9.47 Å². The van der Waals surface area contributed by atoms with Crippen molar-refractivity contribution in [2.24, 2.45) is 0 Å². The summed E-state index contributed by atoms with van der Waals surface area (Å²) >= 11 is 0. The van der Waals surface area contributed by atoms with Gasteiger partial charge in [-0.2, -0.15) is 15.0 Å². The summed E-state index contributed by atoms with van der Waals surface area (Å²) in [5.74, 6) is 1.50. The minimum absolute atomic E-state index is 0.158. The van der Waals surface area contributed by atoms with E-state index in [2.05, 4.69) is 38.6 Å². The average molecular weight is 294 g/mol. The van der Waals surface area contributed by atoms with Crippen LogP contribution in [-0.4, -0.2) is 66.6 Å². The summed E-state index contributed by atoms with van der Waals surface area (Å²) in [6, 6.07) is 0. The van der Waals surface area contributed by atoms with E-state index in [-0.39, 0.29) is 11.5 Å². The lowest BCUT2D eigenvalue weighted by molar-refractivity contribution is 0.0633. The van der Waals surface area contributed by atoms with Gasteiger partial charge < -0.3 is 25.0 Å². The van der Waals surface area contributed by atoms with Crippen LogP contribution in [0.3, 0.4) is 0 Å². The molecule has 8 heteroatoms. The van der Waals surface area contributed by atoms with E-state index >= 15 is 0 Å². The molecule has 3 rings (SSSR count). The zero-order valence-electron chi connectivity index (χ0n) is 12.6. The van der Waals surface area contributed by atoms with E-state index in [1.807, 2.05) is 0 Å². The Morgan fingerprint density at radius 1 is 0.952 bits per heavy atom. The van der Waals surface area contributed by atoms with E-state index in [0.29, 0.717) is 38.3 Å². The summed E-state index contributed by atoms with van der Waals surface area (Å²) in [4.78, 5) is 17.4. The van der Waals surface area contributed by atoms with Crippen LogP contribution in [0.2, 0.25) is 0 Å². The molecule has 0 bridgehead atoms. The molecule has 0 radical (unpaired) electrons. The van der Waals surface area contributed by atoms with E-state index in [4.69, 9.17) is 15.2 Å². The third-order valence-electron chi connectivity index (χ3n) is 3.81. The number of hydrogen-bond acceptors (Lipinski definition) is 8. The number of nitrogens with zero attached hydrogens (tertiary/aromatic N) is 5. The zero-order chi connectivity index (χ0) is 14.9. The molecule has 2 aliphatic rings. The maximum absolute atomic E-state index is 5.88. The van der Waals surface area contributed by atoms with Gasteiger partial charge in [-0.3, -0.25) is 0 Å². The molecule has 2 aliphatic heterocycles.